The van der Waals surface area contributed by atoms with Gasteiger partial charge in [0.25, 0.3) is 0 Å². The van der Waals surface area contributed by atoms with Gasteiger partial charge >= 0.3 is 6.01 Å². The molecule has 13 heteroatoms. The number of phenolic OH excluding ortho intramolecular Hbond substituents is 1. The fourth-order valence-electron chi connectivity index (χ4n) is 6.91. The lowest BCUT2D eigenvalue weighted by atomic mass is 9.95. The normalized spacial score (nSPS) is 24.2. The molecule has 1 unspecified atom stereocenters. The fourth-order valence-corrected chi connectivity index (χ4v) is 7.19. The van der Waals surface area contributed by atoms with Gasteiger partial charge in [0.1, 0.15) is 41.4 Å². The van der Waals surface area contributed by atoms with Gasteiger partial charge in [-0.15, -0.1) is 0 Å². The molecule has 2 aromatic carbocycles. The van der Waals surface area contributed by atoms with Crippen LogP contribution in [0.25, 0.3) is 32.9 Å². The maximum Gasteiger partial charge on any atom is 0.319 e. The Balaban J connectivity index is 1.37. The number of phenols is 1. The minimum absolute atomic E-state index is 0.0809. The fraction of sp³-hybridized carbons (Fsp3) is 0.452. The van der Waals surface area contributed by atoms with Crippen molar-refractivity contribution in [2.45, 2.75) is 31.0 Å². The third-order valence-electron chi connectivity index (χ3n) is 9.02. The van der Waals surface area contributed by atoms with Gasteiger partial charge in [-0.2, -0.15) is 9.97 Å². The number of aliphatic hydroxyl groups is 1. The van der Waals surface area contributed by atoms with E-state index in [1.165, 1.54) is 30.5 Å². The van der Waals surface area contributed by atoms with E-state index >= 15 is 4.39 Å². The lowest BCUT2D eigenvalue weighted by Crippen LogP contribution is -2.43. The number of halogens is 4. The highest BCUT2D eigenvalue weighted by molar-refractivity contribution is 6.37. The molecule has 0 amide bonds. The van der Waals surface area contributed by atoms with Crippen molar-refractivity contribution in [3.05, 3.63) is 47.1 Å². The molecule has 3 aliphatic heterocycles. The van der Waals surface area contributed by atoms with Crippen LogP contribution in [-0.4, -0.2) is 94.4 Å². The van der Waals surface area contributed by atoms with Crippen molar-refractivity contribution < 1.29 is 32.9 Å². The molecule has 0 aliphatic carbocycles. The Kier molecular flexibility index (Phi) is 7.64. The first-order chi connectivity index (χ1) is 21.3. The molecule has 5 heterocycles. The van der Waals surface area contributed by atoms with Crippen LogP contribution in [-0.2, 0) is 4.74 Å². The summed E-state index contributed by atoms with van der Waals surface area (Å²) in [5.74, 6) is -1.56. The molecule has 0 saturated carbocycles. The number of aromatic nitrogens is 3. The third-order valence-corrected chi connectivity index (χ3v) is 9.39. The van der Waals surface area contributed by atoms with E-state index in [0.717, 1.165) is 19.4 Å². The van der Waals surface area contributed by atoms with E-state index in [1.807, 2.05) is 4.90 Å². The maximum atomic E-state index is 16.6. The monoisotopic (exact) mass is 629 g/mol. The minimum Gasteiger partial charge on any atom is -0.508 e. The van der Waals surface area contributed by atoms with Crippen molar-refractivity contribution >= 4 is 39.1 Å². The van der Waals surface area contributed by atoms with Crippen molar-refractivity contribution in [2.24, 2.45) is 5.92 Å². The van der Waals surface area contributed by atoms with E-state index in [1.54, 1.807) is 0 Å². The summed E-state index contributed by atoms with van der Waals surface area (Å²) in [6.07, 6.45) is 2.54. The lowest BCUT2D eigenvalue weighted by Gasteiger charge is -2.31. The average molecular weight is 630 g/mol. The summed E-state index contributed by atoms with van der Waals surface area (Å²) < 4.78 is 57.4. The van der Waals surface area contributed by atoms with Gasteiger partial charge in [-0.1, -0.05) is 17.7 Å². The number of hydrogen-bond donors (Lipinski definition) is 2. The van der Waals surface area contributed by atoms with Gasteiger partial charge in [-0.3, -0.25) is 9.88 Å². The second kappa shape index (κ2) is 11.5. The lowest BCUT2D eigenvalue weighted by molar-refractivity contribution is 0.0959. The number of ether oxygens (including phenoxy) is 2. The topological polar surface area (TPSA) is 104 Å². The van der Waals surface area contributed by atoms with Crippen molar-refractivity contribution in [3.8, 4) is 23.0 Å². The molecule has 232 valence electrons. The van der Waals surface area contributed by atoms with Gasteiger partial charge in [-0.05, 0) is 43.0 Å². The van der Waals surface area contributed by atoms with E-state index in [0.29, 0.717) is 55.9 Å². The predicted octanol–water partition coefficient (Wildman–Crippen LogP) is 4.88. The molecule has 44 heavy (non-hydrogen) atoms. The van der Waals surface area contributed by atoms with Crippen LogP contribution in [0, 0.1) is 17.6 Å². The Labute approximate surface area is 256 Å². The summed E-state index contributed by atoms with van der Waals surface area (Å²) in [5, 5.41) is 21.0. The van der Waals surface area contributed by atoms with Gasteiger partial charge in [0.05, 0.1) is 29.2 Å². The molecule has 3 saturated heterocycles. The first kappa shape index (κ1) is 29.3. The Morgan fingerprint density at radius 3 is 2.86 bits per heavy atom. The first-order valence-electron chi connectivity index (χ1n) is 14.7. The van der Waals surface area contributed by atoms with Gasteiger partial charge in [0.15, 0.2) is 5.82 Å². The van der Waals surface area contributed by atoms with Crippen LogP contribution in [0.4, 0.5) is 19.0 Å². The average Bonchev–Trinajstić information content (AvgIpc) is 3.42. The summed E-state index contributed by atoms with van der Waals surface area (Å²) >= 11 is 6.33. The zero-order valence-electron chi connectivity index (χ0n) is 23.8. The quantitative estimate of drug-likeness (QED) is 0.309. The predicted molar refractivity (Wildman–Crippen MR) is 159 cm³/mol. The number of hydrogen-bond acceptors (Lipinski definition) is 9. The molecule has 0 radical (unpaired) electrons. The highest BCUT2D eigenvalue weighted by Crippen LogP contribution is 2.42. The zero-order chi connectivity index (χ0) is 30.6. The zero-order valence-corrected chi connectivity index (χ0v) is 24.5. The van der Waals surface area contributed by atoms with Crippen molar-refractivity contribution in [1.82, 2.24) is 19.9 Å². The standard InChI is InChI=1S/C31H31ClF3N5O4/c32-25-23(34)3-2-18-8-20(42)9-21(24(18)25)27-26(35)28-22(11-36-27)29(39-6-7-43-15-17(12-39)14-41)38-30(37-28)44-16-31-4-1-5-40(31)13-19(33)10-31/h2-3,8-9,11,17,19,41-42H,1,4-7,10,12-16H2/t17?,19-,31+/m1/s1. The number of benzene rings is 2. The molecule has 7 rings (SSSR count). The van der Waals surface area contributed by atoms with Crippen molar-refractivity contribution in [1.29, 1.82) is 0 Å². The second-order valence-electron chi connectivity index (χ2n) is 11.9. The Bertz CT molecular complexity index is 1750. The Hall–Kier alpha value is -3.45. The number of fused-ring (bicyclic) bond motifs is 3. The van der Waals surface area contributed by atoms with E-state index in [4.69, 9.17) is 21.1 Å². The number of rotatable bonds is 6. The molecule has 3 atom stereocenters. The molecular formula is C31H31ClF3N5O4. The van der Waals surface area contributed by atoms with Crippen LogP contribution in [0.1, 0.15) is 19.3 Å². The minimum atomic E-state index is -0.945. The van der Waals surface area contributed by atoms with Crippen LogP contribution in [0.5, 0.6) is 11.8 Å². The van der Waals surface area contributed by atoms with E-state index < -0.39 is 23.3 Å². The van der Waals surface area contributed by atoms with E-state index in [-0.39, 0.29) is 58.1 Å². The van der Waals surface area contributed by atoms with Gasteiger partial charge in [0.2, 0.25) is 0 Å². The summed E-state index contributed by atoms with van der Waals surface area (Å²) in [7, 11) is 0. The number of anilines is 1. The molecule has 2 N–H and O–H groups in total. The Morgan fingerprint density at radius 1 is 1.16 bits per heavy atom. The van der Waals surface area contributed by atoms with Gasteiger partial charge in [-0.25, -0.2) is 13.2 Å². The third kappa shape index (κ3) is 5.07. The second-order valence-corrected chi connectivity index (χ2v) is 12.3. The summed E-state index contributed by atoms with van der Waals surface area (Å²) in [6, 6.07) is 5.23. The van der Waals surface area contributed by atoms with Crippen molar-refractivity contribution in [2.75, 3.05) is 57.5 Å². The van der Waals surface area contributed by atoms with Crippen LogP contribution in [0.15, 0.2) is 30.5 Å². The SMILES string of the molecule is OCC1COCCN(c2nc(OC[C@@]34CCCN3C[C@H](F)C4)nc3c(F)c(-c4cc(O)cc5ccc(F)c(Cl)c45)ncc23)C1. The number of nitrogens with zero attached hydrogens (tertiary/aromatic N) is 5. The molecule has 3 fully saturated rings. The van der Waals surface area contributed by atoms with Crippen LogP contribution in [0.3, 0.4) is 0 Å². The molecule has 0 spiro atoms. The molecule has 2 aromatic heterocycles. The molecule has 9 nitrogen and oxygen atoms in total. The molecule has 3 aliphatic rings. The van der Waals surface area contributed by atoms with Crippen LogP contribution >= 0.6 is 11.6 Å². The molecule has 0 bridgehead atoms. The van der Waals surface area contributed by atoms with Crippen LogP contribution < -0.4 is 9.64 Å². The smallest absolute Gasteiger partial charge is 0.319 e. The number of aromatic hydroxyl groups is 1. The highest BCUT2D eigenvalue weighted by Gasteiger charge is 2.49. The highest BCUT2D eigenvalue weighted by atomic mass is 35.5. The van der Waals surface area contributed by atoms with Crippen molar-refractivity contribution in [3.63, 3.8) is 0 Å². The van der Waals surface area contributed by atoms with Gasteiger partial charge < -0.3 is 24.6 Å². The summed E-state index contributed by atoms with van der Waals surface area (Å²) in [6.45, 7) is 2.71. The maximum absolute atomic E-state index is 16.6. The summed E-state index contributed by atoms with van der Waals surface area (Å²) in [5.41, 5.74) is -0.666. The Morgan fingerprint density at radius 2 is 2.02 bits per heavy atom. The summed E-state index contributed by atoms with van der Waals surface area (Å²) in [4.78, 5) is 17.6. The number of aliphatic hydroxyl groups excluding tert-OH is 1. The van der Waals surface area contributed by atoms with E-state index in [2.05, 4.69) is 19.9 Å². The molecular weight excluding hydrogens is 599 g/mol. The van der Waals surface area contributed by atoms with Gasteiger partial charge in [0, 0.05) is 55.7 Å². The molecule has 4 aromatic rings. The first-order valence-corrected chi connectivity index (χ1v) is 15.1. The van der Waals surface area contributed by atoms with Crippen LogP contribution in [0.2, 0.25) is 5.02 Å². The van der Waals surface area contributed by atoms with E-state index in [9.17, 15) is 19.0 Å². The number of pyridine rings is 1. The largest absolute Gasteiger partial charge is 0.508 e. The number of alkyl halides is 1.